The number of alkyl halides is 1. The maximum atomic E-state index is 14.8. The third-order valence-corrected chi connectivity index (χ3v) is 6.03. The molecule has 4 atom stereocenters. The molecule has 2 aliphatic heterocycles. The zero-order chi connectivity index (χ0) is 20.7. The van der Waals surface area contributed by atoms with E-state index in [1.165, 1.54) is 6.20 Å². The summed E-state index contributed by atoms with van der Waals surface area (Å²) in [6.07, 6.45) is 8.26. The average molecular weight is 410 g/mol. The van der Waals surface area contributed by atoms with Crippen LogP contribution in [0.1, 0.15) is 32.6 Å². The molecule has 2 N–H and O–H groups in total. The summed E-state index contributed by atoms with van der Waals surface area (Å²) in [5, 5.41) is 22.0. The minimum absolute atomic E-state index is 0.0458. The number of aromatic hydroxyl groups is 1. The van der Waals surface area contributed by atoms with Gasteiger partial charge in [-0.05, 0) is 38.3 Å². The maximum absolute atomic E-state index is 14.8. The molecule has 1 aromatic carbocycles. The van der Waals surface area contributed by atoms with Crippen LogP contribution in [-0.2, 0) is 0 Å². The number of aromatic nitrogens is 5. The van der Waals surface area contributed by atoms with Crippen molar-refractivity contribution < 1.29 is 14.2 Å². The highest BCUT2D eigenvalue weighted by atomic mass is 19.1. The number of nitrogens with one attached hydrogen (secondary N) is 1. The highest BCUT2D eigenvalue weighted by molar-refractivity contribution is 5.67. The topological polar surface area (TPSA) is 98.0 Å². The van der Waals surface area contributed by atoms with Gasteiger partial charge in [0.2, 0.25) is 0 Å². The molecule has 8 nitrogen and oxygen atoms in total. The van der Waals surface area contributed by atoms with Gasteiger partial charge in [0.25, 0.3) is 0 Å². The first-order valence-electron chi connectivity index (χ1n) is 10.1. The normalized spacial score (nSPS) is 28.3. The summed E-state index contributed by atoms with van der Waals surface area (Å²) >= 11 is 0. The van der Waals surface area contributed by atoms with Crippen LogP contribution in [0.25, 0.3) is 16.9 Å². The number of hydrogen-bond acceptors (Lipinski definition) is 7. The Bertz CT molecular complexity index is 1030. The molecule has 9 heteroatoms. The van der Waals surface area contributed by atoms with Crippen molar-refractivity contribution in [1.82, 2.24) is 30.0 Å². The van der Waals surface area contributed by atoms with Crippen LogP contribution in [-0.4, -0.2) is 53.7 Å². The van der Waals surface area contributed by atoms with Gasteiger partial charge in [-0.2, -0.15) is 0 Å². The number of nitrogens with zero attached hydrogens (tertiary/aromatic N) is 5. The summed E-state index contributed by atoms with van der Waals surface area (Å²) in [4.78, 5) is 8.20. The number of hydrogen-bond donors (Lipinski definition) is 2. The van der Waals surface area contributed by atoms with Gasteiger partial charge in [0, 0.05) is 42.0 Å². The Morgan fingerprint density at radius 1 is 1.33 bits per heavy atom. The molecule has 2 aromatic heterocycles. The molecule has 30 heavy (non-hydrogen) atoms. The van der Waals surface area contributed by atoms with Crippen molar-refractivity contribution in [2.24, 2.45) is 0 Å². The van der Waals surface area contributed by atoms with Gasteiger partial charge in [0.1, 0.15) is 17.5 Å². The van der Waals surface area contributed by atoms with E-state index in [2.05, 4.69) is 32.4 Å². The quantitative estimate of drug-likeness (QED) is 0.682. The molecule has 156 valence electrons. The van der Waals surface area contributed by atoms with Crippen molar-refractivity contribution in [2.75, 3.05) is 0 Å². The lowest BCUT2D eigenvalue weighted by Gasteiger charge is -2.48. The Hall–Kier alpha value is -3.07. The number of rotatable bonds is 4. The van der Waals surface area contributed by atoms with Gasteiger partial charge in [-0.3, -0.25) is 0 Å². The Morgan fingerprint density at radius 3 is 2.97 bits per heavy atom. The van der Waals surface area contributed by atoms with Gasteiger partial charge in [-0.15, -0.1) is 5.10 Å². The van der Waals surface area contributed by atoms with Crippen molar-refractivity contribution in [2.45, 2.75) is 56.5 Å². The highest BCUT2D eigenvalue weighted by Crippen LogP contribution is 2.36. The van der Waals surface area contributed by atoms with Gasteiger partial charge in [0.15, 0.2) is 6.17 Å². The number of halogens is 1. The Kier molecular flexibility index (Phi) is 4.62. The Labute approximate surface area is 173 Å². The van der Waals surface area contributed by atoms with Crippen LogP contribution in [0.15, 0.2) is 43.1 Å². The molecule has 2 aliphatic rings. The molecule has 4 heterocycles. The lowest BCUT2D eigenvalue weighted by molar-refractivity contribution is -0.0243. The van der Waals surface area contributed by atoms with E-state index in [1.807, 2.05) is 6.07 Å². The molecule has 0 unspecified atom stereocenters. The third-order valence-electron chi connectivity index (χ3n) is 6.03. The lowest BCUT2D eigenvalue weighted by atomic mass is 9.75. The van der Waals surface area contributed by atoms with Gasteiger partial charge in [-0.25, -0.2) is 14.4 Å². The van der Waals surface area contributed by atoms with E-state index in [4.69, 9.17) is 4.74 Å². The second kappa shape index (κ2) is 7.32. The van der Waals surface area contributed by atoms with Crippen LogP contribution in [0.5, 0.6) is 11.8 Å². The molecule has 2 saturated heterocycles. The molecule has 2 bridgehead atoms. The number of fused-ring (bicyclic) bond motifs is 2. The number of imidazole rings is 1. The highest BCUT2D eigenvalue weighted by Gasteiger charge is 2.47. The molecule has 3 aromatic rings. The molecule has 0 radical (unpaired) electrons. The molecular weight excluding hydrogens is 387 g/mol. The fourth-order valence-electron chi connectivity index (χ4n) is 4.51. The summed E-state index contributed by atoms with van der Waals surface area (Å²) in [6.45, 7) is 2.11. The minimum Gasteiger partial charge on any atom is -0.507 e. The summed E-state index contributed by atoms with van der Waals surface area (Å²) in [7, 11) is 0. The first kappa shape index (κ1) is 18.9. The molecule has 0 spiro atoms. The van der Waals surface area contributed by atoms with E-state index < -0.39 is 12.3 Å². The van der Waals surface area contributed by atoms with Crippen molar-refractivity contribution in [1.29, 1.82) is 0 Å². The number of piperidine rings is 2. The fraction of sp³-hybridized carbons (Fsp3) is 0.429. The van der Waals surface area contributed by atoms with Gasteiger partial charge in [0.05, 0.1) is 18.2 Å². The SMILES string of the molecule is C[C@]12CCC[C@H](N1)[C@@H](F)[C@H](Oc1ncc(-c3ccc(-n4ccnc4)cc3O)nn1)C2. The summed E-state index contributed by atoms with van der Waals surface area (Å²) in [5.74, 6) is 0.0499. The number of benzene rings is 1. The van der Waals surface area contributed by atoms with E-state index in [0.29, 0.717) is 17.7 Å². The van der Waals surface area contributed by atoms with Gasteiger partial charge >= 0.3 is 6.01 Å². The molecule has 5 rings (SSSR count). The zero-order valence-electron chi connectivity index (χ0n) is 16.6. The average Bonchev–Trinajstić information content (AvgIpc) is 3.27. The molecule has 2 fully saturated rings. The molecule has 0 amide bonds. The first-order valence-corrected chi connectivity index (χ1v) is 10.1. The summed E-state index contributed by atoms with van der Waals surface area (Å²) in [5.41, 5.74) is 1.56. The lowest BCUT2D eigenvalue weighted by Crippen LogP contribution is -2.64. The minimum atomic E-state index is -1.11. The number of phenolic OH excluding ortho intramolecular Hbond substituents is 1. The molecular formula is C21H23FN6O2. The van der Waals surface area contributed by atoms with Gasteiger partial charge < -0.3 is 19.7 Å². The second-order valence-electron chi connectivity index (χ2n) is 8.31. The summed E-state index contributed by atoms with van der Waals surface area (Å²) < 4.78 is 22.4. The molecule has 0 saturated carbocycles. The van der Waals surface area contributed by atoms with Gasteiger partial charge in [-0.1, -0.05) is 5.10 Å². The first-order chi connectivity index (χ1) is 14.5. The Balaban J connectivity index is 1.32. The van der Waals surface area contributed by atoms with Crippen LogP contribution < -0.4 is 10.1 Å². The van der Waals surface area contributed by atoms with E-state index in [1.54, 1.807) is 35.4 Å². The zero-order valence-corrected chi connectivity index (χ0v) is 16.6. The van der Waals surface area contributed by atoms with Crippen molar-refractivity contribution in [3.8, 4) is 28.7 Å². The van der Waals surface area contributed by atoms with Crippen LogP contribution >= 0.6 is 0 Å². The van der Waals surface area contributed by atoms with E-state index in [0.717, 1.165) is 24.9 Å². The van der Waals surface area contributed by atoms with Crippen LogP contribution in [0.3, 0.4) is 0 Å². The smallest absolute Gasteiger partial charge is 0.336 e. The van der Waals surface area contributed by atoms with Crippen molar-refractivity contribution >= 4 is 0 Å². The van der Waals surface area contributed by atoms with E-state index in [-0.39, 0.29) is 23.3 Å². The van der Waals surface area contributed by atoms with E-state index in [9.17, 15) is 9.50 Å². The maximum Gasteiger partial charge on any atom is 0.336 e. The Morgan fingerprint density at radius 2 is 2.23 bits per heavy atom. The number of phenols is 1. The standard InChI is InChI=1S/C21H23FN6O2/c1-21-6-2-3-15(25-21)19(22)18(10-21)30-20-24-11-16(26-27-20)14-5-4-13(9-17(14)29)28-8-7-23-12-28/h4-5,7-9,11-12,15,18-19,25,29H,2-3,6,10H2,1H3/t15-,18+,19+,21+/m0/s1. The predicted molar refractivity (Wildman–Crippen MR) is 107 cm³/mol. The van der Waals surface area contributed by atoms with Crippen LogP contribution in [0.2, 0.25) is 0 Å². The monoisotopic (exact) mass is 410 g/mol. The largest absolute Gasteiger partial charge is 0.507 e. The number of ether oxygens (including phenoxy) is 1. The van der Waals surface area contributed by atoms with Crippen LogP contribution in [0, 0.1) is 0 Å². The third kappa shape index (κ3) is 3.49. The fourth-order valence-corrected chi connectivity index (χ4v) is 4.51. The van der Waals surface area contributed by atoms with E-state index >= 15 is 0 Å². The summed E-state index contributed by atoms with van der Waals surface area (Å²) in [6, 6.07) is 5.05. The van der Waals surface area contributed by atoms with Crippen molar-refractivity contribution in [3.63, 3.8) is 0 Å². The molecule has 0 aliphatic carbocycles. The van der Waals surface area contributed by atoms with Crippen LogP contribution in [0.4, 0.5) is 4.39 Å². The predicted octanol–water partition coefficient (Wildman–Crippen LogP) is 2.82. The van der Waals surface area contributed by atoms with Crippen molar-refractivity contribution in [3.05, 3.63) is 43.1 Å². The second-order valence-corrected chi connectivity index (χ2v) is 8.31.